The SMILES string of the molecule is CCNC(=NCc1ccc(OC)c(OC)c1)NCc1sc(C)nc1C. The zero-order chi connectivity index (χ0) is 18.2. The highest BCUT2D eigenvalue weighted by Crippen LogP contribution is 2.27. The molecule has 1 aromatic carbocycles. The number of aliphatic imine (C=N–C) groups is 1. The van der Waals surface area contributed by atoms with Crippen molar-refractivity contribution < 1.29 is 9.47 Å². The Morgan fingerprint density at radius 3 is 2.52 bits per heavy atom. The van der Waals surface area contributed by atoms with Gasteiger partial charge in [0.1, 0.15) is 0 Å². The van der Waals surface area contributed by atoms with Gasteiger partial charge in [-0.3, -0.25) is 0 Å². The van der Waals surface area contributed by atoms with Gasteiger partial charge in [-0.1, -0.05) is 6.07 Å². The van der Waals surface area contributed by atoms with Gasteiger partial charge in [0.05, 0.1) is 38.0 Å². The van der Waals surface area contributed by atoms with E-state index in [2.05, 4.69) is 27.5 Å². The number of nitrogens with zero attached hydrogens (tertiary/aromatic N) is 2. The summed E-state index contributed by atoms with van der Waals surface area (Å²) in [5, 5.41) is 7.72. The van der Waals surface area contributed by atoms with E-state index in [1.54, 1.807) is 25.6 Å². The zero-order valence-electron chi connectivity index (χ0n) is 15.5. The maximum Gasteiger partial charge on any atom is 0.191 e. The maximum atomic E-state index is 5.34. The van der Waals surface area contributed by atoms with E-state index in [-0.39, 0.29) is 0 Å². The molecule has 1 aromatic heterocycles. The summed E-state index contributed by atoms with van der Waals surface area (Å²) >= 11 is 1.71. The Balaban J connectivity index is 2.05. The van der Waals surface area contributed by atoms with Gasteiger partial charge in [-0.15, -0.1) is 11.3 Å². The van der Waals surface area contributed by atoms with Gasteiger partial charge in [0.15, 0.2) is 17.5 Å². The largest absolute Gasteiger partial charge is 0.493 e. The predicted molar refractivity (Wildman–Crippen MR) is 103 cm³/mol. The lowest BCUT2D eigenvalue weighted by Crippen LogP contribution is -2.36. The third kappa shape index (κ3) is 5.35. The molecule has 0 spiro atoms. The van der Waals surface area contributed by atoms with Crippen molar-refractivity contribution in [2.24, 2.45) is 4.99 Å². The first-order valence-electron chi connectivity index (χ1n) is 8.23. The van der Waals surface area contributed by atoms with Crippen LogP contribution in [0.2, 0.25) is 0 Å². The van der Waals surface area contributed by atoms with Gasteiger partial charge >= 0.3 is 0 Å². The molecule has 0 bridgehead atoms. The van der Waals surface area contributed by atoms with Crippen molar-refractivity contribution in [3.8, 4) is 11.5 Å². The second-order valence-corrected chi connectivity index (χ2v) is 6.77. The molecule has 25 heavy (non-hydrogen) atoms. The first-order valence-corrected chi connectivity index (χ1v) is 9.05. The molecule has 0 saturated heterocycles. The summed E-state index contributed by atoms with van der Waals surface area (Å²) in [5.41, 5.74) is 2.13. The minimum atomic E-state index is 0.552. The van der Waals surface area contributed by atoms with Crippen molar-refractivity contribution in [1.29, 1.82) is 0 Å². The zero-order valence-corrected chi connectivity index (χ0v) is 16.3. The van der Waals surface area contributed by atoms with Crippen molar-refractivity contribution in [2.45, 2.75) is 33.9 Å². The van der Waals surface area contributed by atoms with Gasteiger partial charge in [0, 0.05) is 11.4 Å². The van der Waals surface area contributed by atoms with Crippen LogP contribution in [0.3, 0.4) is 0 Å². The highest BCUT2D eigenvalue weighted by Gasteiger charge is 2.07. The van der Waals surface area contributed by atoms with E-state index >= 15 is 0 Å². The summed E-state index contributed by atoms with van der Waals surface area (Å²) < 4.78 is 10.6. The third-order valence-corrected chi connectivity index (χ3v) is 4.70. The van der Waals surface area contributed by atoms with Crippen LogP contribution in [0, 0.1) is 13.8 Å². The Labute approximate surface area is 153 Å². The number of methoxy groups -OCH3 is 2. The number of aromatic nitrogens is 1. The van der Waals surface area contributed by atoms with E-state index in [1.165, 1.54) is 4.88 Å². The normalized spacial score (nSPS) is 11.3. The molecule has 1 heterocycles. The maximum absolute atomic E-state index is 5.34. The summed E-state index contributed by atoms with van der Waals surface area (Å²) in [6.45, 7) is 8.19. The smallest absolute Gasteiger partial charge is 0.191 e. The van der Waals surface area contributed by atoms with Crippen LogP contribution in [0.15, 0.2) is 23.2 Å². The van der Waals surface area contributed by atoms with Crippen LogP contribution in [0.4, 0.5) is 0 Å². The standard InChI is InChI=1S/C18H26N4O2S/c1-6-19-18(21-11-17-12(2)22-13(3)25-17)20-10-14-7-8-15(23-4)16(9-14)24-5/h7-9H,6,10-11H2,1-5H3,(H2,19,20,21). The first kappa shape index (κ1) is 19.1. The van der Waals surface area contributed by atoms with Crippen molar-refractivity contribution >= 4 is 17.3 Å². The van der Waals surface area contributed by atoms with Gasteiger partial charge in [0.25, 0.3) is 0 Å². The Morgan fingerprint density at radius 2 is 1.92 bits per heavy atom. The van der Waals surface area contributed by atoms with Gasteiger partial charge in [0.2, 0.25) is 0 Å². The Hall–Kier alpha value is -2.28. The number of hydrogen-bond acceptors (Lipinski definition) is 5. The molecule has 0 unspecified atom stereocenters. The summed E-state index contributed by atoms with van der Waals surface area (Å²) in [5.74, 6) is 2.21. The molecule has 0 aliphatic rings. The molecular weight excluding hydrogens is 336 g/mol. The molecule has 0 atom stereocenters. The second-order valence-electron chi connectivity index (χ2n) is 5.48. The minimum absolute atomic E-state index is 0.552. The first-order chi connectivity index (χ1) is 12.1. The van der Waals surface area contributed by atoms with E-state index < -0.39 is 0 Å². The summed E-state index contributed by atoms with van der Waals surface area (Å²) in [4.78, 5) is 10.3. The van der Waals surface area contributed by atoms with E-state index in [4.69, 9.17) is 9.47 Å². The number of rotatable bonds is 7. The molecule has 0 radical (unpaired) electrons. The van der Waals surface area contributed by atoms with Crippen molar-refractivity contribution in [3.05, 3.63) is 39.3 Å². The lowest BCUT2D eigenvalue weighted by molar-refractivity contribution is 0.354. The van der Waals surface area contributed by atoms with Crippen molar-refractivity contribution in [2.75, 3.05) is 20.8 Å². The van der Waals surface area contributed by atoms with Crippen molar-refractivity contribution in [3.63, 3.8) is 0 Å². The average molecular weight is 362 g/mol. The predicted octanol–water partition coefficient (Wildman–Crippen LogP) is 3.03. The molecular formula is C18H26N4O2S. The number of hydrogen-bond donors (Lipinski definition) is 2. The van der Waals surface area contributed by atoms with Gasteiger partial charge < -0.3 is 20.1 Å². The van der Waals surface area contributed by atoms with E-state index in [1.807, 2.05) is 32.0 Å². The average Bonchev–Trinajstić information content (AvgIpc) is 2.94. The molecule has 0 aliphatic heterocycles. The topological polar surface area (TPSA) is 67.8 Å². The highest BCUT2D eigenvalue weighted by molar-refractivity contribution is 7.11. The van der Waals surface area contributed by atoms with Crippen LogP contribution in [0.25, 0.3) is 0 Å². The Morgan fingerprint density at radius 1 is 1.16 bits per heavy atom. The van der Waals surface area contributed by atoms with Crippen LogP contribution in [0.1, 0.15) is 28.1 Å². The number of nitrogens with one attached hydrogen (secondary N) is 2. The molecule has 7 heteroatoms. The van der Waals surface area contributed by atoms with Gasteiger partial charge in [-0.05, 0) is 38.5 Å². The fourth-order valence-corrected chi connectivity index (χ4v) is 3.27. The number of ether oxygens (including phenoxy) is 2. The van der Waals surface area contributed by atoms with Crippen LogP contribution < -0.4 is 20.1 Å². The lowest BCUT2D eigenvalue weighted by atomic mass is 10.2. The molecule has 0 fully saturated rings. The van der Waals surface area contributed by atoms with Crippen molar-refractivity contribution in [1.82, 2.24) is 15.6 Å². The number of aryl methyl sites for hydroxylation is 2. The molecule has 2 N–H and O–H groups in total. The second kappa shape index (κ2) is 9.27. The molecule has 0 amide bonds. The Bertz CT molecular complexity index is 728. The van der Waals surface area contributed by atoms with E-state index in [9.17, 15) is 0 Å². The minimum Gasteiger partial charge on any atom is -0.493 e. The van der Waals surface area contributed by atoms with Gasteiger partial charge in [-0.2, -0.15) is 0 Å². The number of benzene rings is 1. The van der Waals surface area contributed by atoms with Crippen LogP contribution in [-0.4, -0.2) is 31.7 Å². The third-order valence-electron chi connectivity index (χ3n) is 3.63. The fourth-order valence-electron chi connectivity index (χ4n) is 2.39. The van der Waals surface area contributed by atoms with Crippen LogP contribution >= 0.6 is 11.3 Å². The quantitative estimate of drug-likeness (QED) is 0.585. The van der Waals surface area contributed by atoms with Gasteiger partial charge in [-0.25, -0.2) is 9.98 Å². The molecule has 6 nitrogen and oxygen atoms in total. The summed E-state index contributed by atoms with van der Waals surface area (Å²) in [7, 11) is 3.27. The summed E-state index contributed by atoms with van der Waals surface area (Å²) in [6.07, 6.45) is 0. The van der Waals surface area contributed by atoms with E-state index in [0.29, 0.717) is 12.3 Å². The monoisotopic (exact) mass is 362 g/mol. The molecule has 136 valence electrons. The van der Waals surface area contributed by atoms with E-state index in [0.717, 1.165) is 41.1 Å². The van der Waals surface area contributed by atoms with Crippen LogP contribution in [0.5, 0.6) is 11.5 Å². The number of guanidine groups is 1. The molecule has 0 saturated carbocycles. The molecule has 0 aliphatic carbocycles. The highest BCUT2D eigenvalue weighted by atomic mass is 32.1. The summed E-state index contributed by atoms with van der Waals surface area (Å²) in [6, 6.07) is 5.83. The Kier molecular flexibility index (Phi) is 7.06. The fraction of sp³-hybridized carbons (Fsp3) is 0.444. The van der Waals surface area contributed by atoms with Crippen LogP contribution in [-0.2, 0) is 13.1 Å². The molecule has 2 rings (SSSR count). The molecule has 2 aromatic rings. The lowest BCUT2D eigenvalue weighted by Gasteiger charge is -2.12. The number of thiazole rings is 1.